The van der Waals surface area contributed by atoms with Crippen LogP contribution in [-0.2, 0) is 6.42 Å². The summed E-state index contributed by atoms with van der Waals surface area (Å²) in [4.78, 5) is 8.73. The van der Waals surface area contributed by atoms with Gasteiger partial charge < -0.3 is 0 Å². The van der Waals surface area contributed by atoms with E-state index >= 15 is 0 Å². The molecule has 2 aromatic rings. The van der Waals surface area contributed by atoms with E-state index in [0.717, 1.165) is 12.1 Å². The Hall–Kier alpha value is -0.830. The summed E-state index contributed by atoms with van der Waals surface area (Å²) in [6.07, 6.45) is 0.841. The Balaban J connectivity index is 2.49. The van der Waals surface area contributed by atoms with Crippen molar-refractivity contribution < 1.29 is 0 Å². The molecule has 1 heterocycles. The molecule has 2 rings (SSSR count). The van der Waals surface area contributed by atoms with Gasteiger partial charge >= 0.3 is 0 Å². The summed E-state index contributed by atoms with van der Waals surface area (Å²) in [5.74, 6) is 1.00. The lowest BCUT2D eigenvalue weighted by molar-refractivity contribution is 0.634. The highest BCUT2D eigenvalue weighted by atomic mass is 35.5. The molecule has 19 heavy (non-hydrogen) atoms. The summed E-state index contributed by atoms with van der Waals surface area (Å²) in [7, 11) is 0. The maximum Gasteiger partial charge on any atom is 0.162 e. The van der Waals surface area contributed by atoms with Crippen LogP contribution in [0.5, 0.6) is 0 Å². The Morgan fingerprint density at radius 1 is 1.05 bits per heavy atom. The molecule has 1 aromatic carbocycles. The van der Waals surface area contributed by atoms with Gasteiger partial charge in [-0.25, -0.2) is 9.97 Å². The van der Waals surface area contributed by atoms with E-state index in [1.165, 1.54) is 0 Å². The zero-order chi connectivity index (χ0) is 14.0. The standard InChI is InChI=1S/C14H13Cl3N2/c1-8(2)5-10-7-13(17)19-14(18-10)11-6-9(15)3-4-12(11)16/h3-4,6-8H,5H2,1-2H3. The zero-order valence-electron chi connectivity index (χ0n) is 10.6. The fourth-order valence-electron chi connectivity index (χ4n) is 1.78. The average Bonchev–Trinajstić information content (AvgIpc) is 2.30. The molecular weight excluding hydrogens is 303 g/mol. The normalized spacial score (nSPS) is 11.1. The van der Waals surface area contributed by atoms with E-state index in [1.54, 1.807) is 24.3 Å². The van der Waals surface area contributed by atoms with Crippen LogP contribution in [0.4, 0.5) is 0 Å². The highest BCUT2D eigenvalue weighted by Crippen LogP contribution is 2.29. The molecule has 0 spiro atoms. The van der Waals surface area contributed by atoms with E-state index in [2.05, 4.69) is 23.8 Å². The van der Waals surface area contributed by atoms with E-state index in [4.69, 9.17) is 34.8 Å². The Bertz CT molecular complexity index is 597. The van der Waals surface area contributed by atoms with Crippen LogP contribution in [0.15, 0.2) is 24.3 Å². The first kappa shape index (κ1) is 14.6. The van der Waals surface area contributed by atoms with Crippen molar-refractivity contribution in [2.45, 2.75) is 20.3 Å². The lowest BCUT2D eigenvalue weighted by Gasteiger charge is -2.08. The molecule has 0 aliphatic rings. The lowest BCUT2D eigenvalue weighted by Crippen LogP contribution is -2.01. The first-order chi connectivity index (χ1) is 8.95. The van der Waals surface area contributed by atoms with Crippen LogP contribution in [0, 0.1) is 5.92 Å². The van der Waals surface area contributed by atoms with Crippen molar-refractivity contribution in [1.82, 2.24) is 9.97 Å². The summed E-state index contributed by atoms with van der Waals surface area (Å²) in [6, 6.07) is 6.98. The van der Waals surface area contributed by atoms with Gasteiger partial charge in [0, 0.05) is 16.3 Å². The summed E-state index contributed by atoms with van der Waals surface area (Å²) >= 11 is 18.2. The highest BCUT2D eigenvalue weighted by Gasteiger charge is 2.11. The molecule has 1 aromatic heterocycles. The molecule has 0 unspecified atom stereocenters. The zero-order valence-corrected chi connectivity index (χ0v) is 12.9. The second-order valence-electron chi connectivity index (χ2n) is 4.73. The second-order valence-corrected chi connectivity index (χ2v) is 5.96. The number of benzene rings is 1. The van der Waals surface area contributed by atoms with Crippen molar-refractivity contribution in [3.8, 4) is 11.4 Å². The molecule has 0 bridgehead atoms. The van der Waals surface area contributed by atoms with Crippen LogP contribution in [0.1, 0.15) is 19.5 Å². The molecule has 0 saturated heterocycles. The minimum atomic E-state index is 0.414. The quantitative estimate of drug-likeness (QED) is 0.718. The fourth-order valence-corrected chi connectivity index (χ4v) is 2.36. The van der Waals surface area contributed by atoms with Gasteiger partial charge in [-0.1, -0.05) is 48.7 Å². The summed E-state index contributed by atoms with van der Waals surface area (Å²) in [5, 5.41) is 1.56. The third kappa shape index (κ3) is 3.82. The van der Waals surface area contributed by atoms with Crippen LogP contribution in [-0.4, -0.2) is 9.97 Å². The molecule has 0 atom stereocenters. The van der Waals surface area contributed by atoms with E-state index in [1.807, 2.05) is 0 Å². The molecule has 2 nitrogen and oxygen atoms in total. The number of hydrogen-bond acceptors (Lipinski definition) is 2. The molecule has 5 heteroatoms. The van der Waals surface area contributed by atoms with Gasteiger partial charge in [-0.2, -0.15) is 0 Å². The Morgan fingerprint density at radius 3 is 2.47 bits per heavy atom. The number of nitrogens with zero attached hydrogens (tertiary/aromatic N) is 2. The first-order valence-electron chi connectivity index (χ1n) is 5.94. The Labute approximate surface area is 127 Å². The summed E-state index contributed by atoms with van der Waals surface area (Å²) < 4.78 is 0. The van der Waals surface area contributed by atoms with Gasteiger partial charge in [0.1, 0.15) is 5.15 Å². The maximum atomic E-state index is 6.16. The van der Waals surface area contributed by atoms with Crippen LogP contribution in [0.25, 0.3) is 11.4 Å². The van der Waals surface area contributed by atoms with Crippen molar-refractivity contribution in [3.05, 3.63) is 45.2 Å². The molecule has 0 aliphatic heterocycles. The van der Waals surface area contributed by atoms with Crippen LogP contribution in [0.2, 0.25) is 15.2 Å². The molecule has 100 valence electrons. The monoisotopic (exact) mass is 314 g/mol. The van der Waals surface area contributed by atoms with Gasteiger partial charge in [0.05, 0.1) is 5.02 Å². The average molecular weight is 316 g/mol. The van der Waals surface area contributed by atoms with Crippen molar-refractivity contribution in [2.75, 3.05) is 0 Å². The smallest absolute Gasteiger partial charge is 0.162 e. The van der Waals surface area contributed by atoms with E-state index < -0.39 is 0 Å². The van der Waals surface area contributed by atoms with Crippen molar-refractivity contribution in [2.24, 2.45) is 5.92 Å². The molecule has 0 aliphatic carbocycles. The summed E-state index contributed by atoms with van der Waals surface area (Å²) in [5.41, 5.74) is 1.60. The highest BCUT2D eigenvalue weighted by molar-refractivity contribution is 6.35. The molecular formula is C14H13Cl3N2. The molecule has 0 amide bonds. The largest absolute Gasteiger partial charge is 0.233 e. The maximum absolute atomic E-state index is 6.16. The van der Waals surface area contributed by atoms with Crippen molar-refractivity contribution in [1.29, 1.82) is 0 Å². The minimum absolute atomic E-state index is 0.414. The van der Waals surface area contributed by atoms with Crippen LogP contribution < -0.4 is 0 Å². The topological polar surface area (TPSA) is 25.8 Å². The summed E-state index contributed by atoms with van der Waals surface area (Å²) in [6.45, 7) is 4.25. The van der Waals surface area contributed by atoms with E-state index in [-0.39, 0.29) is 0 Å². The lowest BCUT2D eigenvalue weighted by atomic mass is 10.1. The van der Waals surface area contributed by atoms with Gasteiger partial charge in [-0.15, -0.1) is 0 Å². The van der Waals surface area contributed by atoms with Gasteiger partial charge in [-0.3, -0.25) is 0 Å². The Morgan fingerprint density at radius 2 is 1.79 bits per heavy atom. The van der Waals surface area contributed by atoms with Crippen LogP contribution >= 0.6 is 34.8 Å². The number of halogens is 3. The molecule has 0 radical (unpaired) electrons. The van der Waals surface area contributed by atoms with Gasteiger partial charge in [0.25, 0.3) is 0 Å². The predicted molar refractivity (Wildman–Crippen MR) is 81.0 cm³/mol. The fraction of sp³-hybridized carbons (Fsp3) is 0.286. The molecule has 0 N–H and O–H groups in total. The molecule has 0 saturated carbocycles. The van der Waals surface area contributed by atoms with Crippen LogP contribution in [0.3, 0.4) is 0 Å². The third-order valence-electron chi connectivity index (χ3n) is 2.53. The van der Waals surface area contributed by atoms with Crippen molar-refractivity contribution >= 4 is 34.8 Å². The number of rotatable bonds is 3. The SMILES string of the molecule is CC(C)Cc1cc(Cl)nc(-c2cc(Cl)ccc2Cl)n1. The Kier molecular flexibility index (Phi) is 4.67. The minimum Gasteiger partial charge on any atom is -0.233 e. The van der Waals surface area contributed by atoms with Crippen molar-refractivity contribution in [3.63, 3.8) is 0 Å². The van der Waals surface area contributed by atoms with Gasteiger partial charge in [0.2, 0.25) is 0 Å². The van der Waals surface area contributed by atoms with Gasteiger partial charge in [0.15, 0.2) is 5.82 Å². The second kappa shape index (κ2) is 6.08. The number of aromatic nitrogens is 2. The van der Waals surface area contributed by atoms with E-state index in [0.29, 0.717) is 32.5 Å². The van der Waals surface area contributed by atoms with Gasteiger partial charge in [-0.05, 0) is 36.6 Å². The first-order valence-corrected chi connectivity index (χ1v) is 7.08. The third-order valence-corrected chi connectivity index (χ3v) is 3.29. The number of hydrogen-bond donors (Lipinski definition) is 0. The molecule has 0 fully saturated rings. The van der Waals surface area contributed by atoms with E-state index in [9.17, 15) is 0 Å². The predicted octanol–water partition coefficient (Wildman–Crippen LogP) is 5.30.